The third kappa shape index (κ3) is 5.27. The van der Waals surface area contributed by atoms with Crippen molar-refractivity contribution in [1.29, 1.82) is 0 Å². The first-order chi connectivity index (χ1) is 14.9. The number of ether oxygens (including phenoxy) is 2. The zero-order valence-corrected chi connectivity index (χ0v) is 17.2. The second-order valence-electron chi connectivity index (χ2n) is 6.65. The summed E-state index contributed by atoms with van der Waals surface area (Å²) in [4.78, 5) is 22.4. The summed E-state index contributed by atoms with van der Waals surface area (Å²) in [6.45, 7) is 3.64. The summed E-state index contributed by atoms with van der Waals surface area (Å²) in [5, 5.41) is 14.8. The van der Waals surface area contributed by atoms with Crippen molar-refractivity contribution < 1.29 is 23.6 Å². The van der Waals surface area contributed by atoms with Gasteiger partial charge in [-0.05, 0) is 43.2 Å². The minimum absolute atomic E-state index is 0.0836. The van der Waals surface area contributed by atoms with Gasteiger partial charge in [0.1, 0.15) is 23.0 Å². The van der Waals surface area contributed by atoms with Crippen LogP contribution in [0, 0.1) is 24.0 Å². The molecule has 9 nitrogen and oxygen atoms in total. The molecule has 0 radical (unpaired) electrons. The van der Waals surface area contributed by atoms with Gasteiger partial charge in [0.05, 0.1) is 29.9 Å². The number of aryl methyl sites for hydroxylation is 2. The molecule has 0 bridgehead atoms. The van der Waals surface area contributed by atoms with Gasteiger partial charge >= 0.3 is 0 Å². The van der Waals surface area contributed by atoms with Crippen LogP contribution in [0.25, 0.3) is 11.3 Å². The zero-order chi connectivity index (χ0) is 22.4. The van der Waals surface area contributed by atoms with E-state index >= 15 is 0 Å². The Bertz CT molecular complexity index is 1120. The molecule has 0 fully saturated rings. The predicted molar refractivity (Wildman–Crippen MR) is 114 cm³/mol. The highest BCUT2D eigenvalue weighted by molar-refractivity contribution is 5.82. The maximum Gasteiger partial charge on any atom is 0.277 e. The van der Waals surface area contributed by atoms with Crippen LogP contribution in [0.1, 0.15) is 16.9 Å². The van der Waals surface area contributed by atoms with E-state index in [0.717, 1.165) is 11.1 Å². The lowest BCUT2D eigenvalue weighted by Gasteiger charge is -2.10. The number of nitro benzene ring substituents is 1. The first-order valence-electron chi connectivity index (χ1n) is 9.32. The van der Waals surface area contributed by atoms with Crippen molar-refractivity contribution in [3.63, 3.8) is 0 Å². The van der Waals surface area contributed by atoms with E-state index < -0.39 is 10.8 Å². The van der Waals surface area contributed by atoms with Crippen molar-refractivity contribution in [2.45, 2.75) is 13.8 Å². The topological polar surface area (TPSA) is 116 Å². The van der Waals surface area contributed by atoms with E-state index in [2.05, 4.69) is 10.5 Å². The van der Waals surface area contributed by atoms with Crippen LogP contribution in [0.5, 0.6) is 11.5 Å². The highest BCUT2D eigenvalue weighted by atomic mass is 16.6. The summed E-state index contributed by atoms with van der Waals surface area (Å²) in [7, 11) is 1.42. The highest BCUT2D eigenvalue weighted by Gasteiger charge is 2.15. The Balaban J connectivity index is 1.61. The number of methoxy groups -OCH3 is 1. The van der Waals surface area contributed by atoms with Crippen molar-refractivity contribution in [3.8, 4) is 22.8 Å². The van der Waals surface area contributed by atoms with Crippen LogP contribution in [0.4, 0.5) is 5.69 Å². The summed E-state index contributed by atoms with van der Waals surface area (Å²) in [5.41, 5.74) is 4.74. The first-order valence-corrected chi connectivity index (χ1v) is 9.32. The Morgan fingerprint density at radius 1 is 1.19 bits per heavy atom. The van der Waals surface area contributed by atoms with Crippen LogP contribution < -0.4 is 14.9 Å². The Morgan fingerprint density at radius 2 is 1.94 bits per heavy atom. The molecule has 3 rings (SSSR count). The van der Waals surface area contributed by atoms with E-state index in [1.807, 2.05) is 32.0 Å². The van der Waals surface area contributed by atoms with E-state index in [1.54, 1.807) is 18.2 Å². The number of non-ortho nitro benzene ring substituents is 1. The number of benzene rings is 2. The van der Waals surface area contributed by atoms with Crippen LogP contribution in [-0.2, 0) is 4.79 Å². The summed E-state index contributed by atoms with van der Waals surface area (Å²) in [5.74, 6) is 1.39. The van der Waals surface area contributed by atoms with E-state index in [-0.39, 0.29) is 12.3 Å². The molecule has 1 heterocycles. The second-order valence-corrected chi connectivity index (χ2v) is 6.65. The number of para-hydroxylation sites is 1. The minimum atomic E-state index is -0.501. The quantitative estimate of drug-likeness (QED) is 0.332. The third-order valence-corrected chi connectivity index (χ3v) is 4.43. The number of carbonyl (C=O) groups is 1. The van der Waals surface area contributed by atoms with Gasteiger partial charge in [0.15, 0.2) is 6.61 Å². The molecule has 1 amide bonds. The molecule has 2 aromatic carbocycles. The number of hydrogen-bond acceptors (Lipinski definition) is 7. The Kier molecular flexibility index (Phi) is 6.66. The molecule has 0 atom stereocenters. The molecule has 0 unspecified atom stereocenters. The smallest absolute Gasteiger partial charge is 0.277 e. The van der Waals surface area contributed by atoms with Crippen molar-refractivity contribution in [2.24, 2.45) is 5.10 Å². The van der Waals surface area contributed by atoms with Gasteiger partial charge in [0, 0.05) is 6.07 Å². The summed E-state index contributed by atoms with van der Waals surface area (Å²) in [6, 6.07) is 13.3. The lowest BCUT2D eigenvalue weighted by molar-refractivity contribution is -0.384. The SMILES string of the molecule is COc1cc([N+](=O)[O-])ccc1-c1ccc(C=NNC(=O)COc2c(C)cccc2C)o1. The Labute approximate surface area is 178 Å². The fourth-order valence-corrected chi connectivity index (χ4v) is 2.93. The Hall–Kier alpha value is -4.14. The average Bonchev–Trinajstić information content (AvgIpc) is 3.21. The molecular formula is C22H21N3O6. The monoisotopic (exact) mass is 423 g/mol. The fraction of sp³-hybridized carbons (Fsp3) is 0.182. The van der Waals surface area contributed by atoms with Gasteiger partial charge in [0.2, 0.25) is 0 Å². The molecule has 9 heteroatoms. The van der Waals surface area contributed by atoms with Crippen LogP contribution >= 0.6 is 0 Å². The molecule has 31 heavy (non-hydrogen) atoms. The number of carbonyl (C=O) groups excluding carboxylic acids is 1. The van der Waals surface area contributed by atoms with Gasteiger partial charge in [-0.1, -0.05) is 18.2 Å². The molecule has 3 aromatic rings. The van der Waals surface area contributed by atoms with Crippen LogP contribution in [0.15, 0.2) is 58.0 Å². The number of furan rings is 1. The van der Waals surface area contributed by atoms with E-state index in [1.165, 1.54) is 25.5 Å². The molecule has 0 spiro atoms. The van der Waals surface area contributed by atoms with Gasteiger partial charge in [-0.3, -0.25) is 14.9 Å². The van der Waals surface area contributed by atoms with Crippen LogP contribution in [-0.4, -0.2) is 30.8 Å². The number of rotatable bonds is 8. The van der Waals surface area contributed by atoms with Gasteiger partial charge in [0.25, 0.3) is 11.6 Å². The molecule has 0 saturated carbocycles. The van der Waals surface area contributed by atoms with E-state index in [4.69, 9.17) is 13.9 Å². The number of nitrogens with zero attached hydrogens (tertiary/aromatic N) is 2. The molecule has 160 valence electrons. The maximum atomic E-state index is 12.0. The van der Waals surface area contributed by atoms with Crippen LogP contribution in [0.3, 0.4) is 0 Å². The second kappa shape index (κ2) is 9.57. The van der Waals surface area contributed by atoms with Crippen molar-refractivity contribution in [1.82, 2.24) is 5.43 Å². The molecular weight excluding hydrogens is 402 g/mol. The lowest BCUT2D eigenvalue weighted by Crippen LogP contribution is -2.24. The molecule has 1 aromatic heterocycles. The highest BCUT2D eigenvalue weighted by Crippen LogP contribution is 2.34. The standard InChI is InChI=1S/C22H21N3O6/c1-14-5-4-6-15(2)22(14)30-13-21(26)24-23-12-17-8-10-19(31-17)18-9-7-16(25(27)28)11-20(18)29-3/h4-12H,13H2,1-3H3,(H,24,26). The van der Waals surface area contributed by atoms with E-state index in [9.17, 15) is 14.9 Å². The molecule has 1 N–H and O–H groups in total. The van der Waals surface area contributed by atoms with Gasteiger partial charge in [-0.25, -0.2) is 5.43 Å². The number of hydrazone groups is 1. The van der Waals surface area contributed by atoms with Crippen molar-refractivity contribution in [2.75, 3.05) is 13.7 Å². The maximum absolute atomic E-state index is 12.0. The van der Waals surface area contributed by atoms with Crippen molar-refractivity contribution in [3.05, 3.63) is 75.5 Å². The number of nitrogens with one attached hydrogen (secondary N) is 1. The van der Waals surface area contributed by atoms with Gasteiger partial charge in [-0.2, -0.15) is 5.10 Å². The average molecular weight is 423 g/mol. The molecule has 0 aliphatic rings. The predicted octanol–water partition coefficient (Wildman–Crippen LogP) is 4.01. The largest absolute Gasteiger partial charge is 0.496 e. The molecule has 0 aliphatic carbocycles. The van der Waals surface area contributed by atoms with Crippen LogP contribution in [0.2, 0.25) is 0 Å². The fourth-order valence-electron chi connectivity index (χ4n) is 2.93. The first kappa shape index (κ1) is 21.6. The lowest BCUT2D eigenvalue weighted by atomic mass is 10.1. The van der Waals surface area contributed by atoms with Crippen molar-refractivity contribution >= 4 is 17.8 Å². The summed E-state index contributed by atoms with van der Waals surface area (Å²) >= 11 is 0. The number of amides is 1. The summed E-state index contributed by atoms with van der Waals surface area (Å²) in [6.07, 6.45) is 1.35. The molecule has 0 aliphatic heterocycles. The van der Waals surface area contributed by atoms with E-state index in [0.29, 0.717) is 28.6 Å². The number of nitro groups is 1. The number of hydrogen-bond donors (Lipinski definition) is 1. The normalized spacial score (nSPS) is 10.8. The minimum Gasteiger partial charge on any atom is -0.496 e. The van der Waals surface area contributed by atoms with Gasteiger partial charge < -0.3 is 13.9 Å². The molecule has 0 saturated heterocycles. The zero-order valence-electron chi connectivity index (χ0n) is 17.2. The van der Waals surface area contributed by atoms with Gasteiger partial charge in [-0.15, -0.1) is 0 Å². The third-order valence-electron chi connectivity index (χ3n) is 4.43. The summed E-state index contributed by atoms with van der Waals surface area (Å²) < 4.78 is 16.5. The Morgan fingerprint density at radius 3 is 2.61 bits per heavy atom.